The zero-order chi connectivity index (χ0) is 18.6. The zero-order valence-corrected chi connectivity index (χ0v) is 14.3. The molecule has 1 amide bonds. The van der Waals surface area contributed by atoms with Crippen LogP contribution in [0.1, 0.15) is 33.2 Å². The summed E-state index contributed by atoms with van der Waals surface area (Å²) in [5.74, 6) is -1.08. The molecular formula is C17H15ClN2O5. The van der Waals surface area contributed by atoms with Gasteiger partial charge in [0.05, 0.1) is 22.1 Å². The summed E-state index contributed by atoms with van der Waals surface area (Å²) in [6.07, 6.45) is 0. The Morgan fingerprint density at radius 2 is 1.96 bits per heavy atom. The predicted octanol–water partition coefficient (Wildman–Crippen LogP) is 3.99. The first-order chi connectivity index (χ1) is 11.8. The minimum absolute atomic E-state index is 0.131. The lowest BCUT2D eigenvalue weighted by atomic mass is 10.1. The van der Waals surface area contributed by atoms with Gasteiger partial charge in [0.25, 0.3) is 11.6 Å². The van der Waals surface area contributed by atoms with E-state index in [0.717, 1.165) is 0 Å². The molecular weight excluding hydrogens is 348 g/mol. The molecule has 25 heavy (non-hydrogen) atoms. The molecule has 2 rings (SSSR count). The number of esters is 1. The number of carbonyl (C=O) groups is 2. The van der Waals surface area contributed by atoms with E-state index in [4.69, 9.17) is 16.3 Å². The summed E-state index contributed by atoms with van der Waals surface area (Å²) in [5, 5.41) is 13.7. The Morgan fingerprint density at radius 1 is 1.24 bits per heavy atom. The second kappa shape index (κ2) is 7.76. The minimum Gasteiger partial charge on any atom is -0.462 e. The number of aryl methyl sites for hydroxylation is 1. The van der Waals surface area contributed by atoms with E-state index in [1.54, 1.807) is 13.8 Å². The van der Waals surface area contributed by atoms with Crippen molar-refractivity contribution in [1.82, 2.24) is 0 Å². The standard InChI is InChI=1S/C17H15ClN2O5/c1-3-25-17(22)13-7-6-12(9-14(13)18)19-16(21)11-5-4-10(2)15(8-11)20(23)24/h4-9H,3H2,1-2H3,(H,19,21). The Bertz CT molecular complexity index is 851. The highest BCUT2D eigenvalue weighted by Gasteiger charge is 2.16. The Kier molecular flexibility index (Phi) is 5.71. The summed E-state index contributed by atoms with van der Waals surface area (Å²) < 4.78 is 4.87. The van der Waals surface area contributed by atoms with Gasteiger partial charge in [-0.2, -0.15) is 0 Å². The average molecular weight is 363 g/mol. The minimum atomic E-state index is -0.556. The van der Waals surface area contributed by atoms with Crippen LogP contribution in [0.5, 0.6) is 0 Å². The van der Waals surface area contributed by atoms with Gasteiger partial charge in [0, 0.05) is 22.9 Å². The van der Waals surface area contributed by atoms with E-state index in [9.17, 15) is 19.7 Å². The molecule has 0 fully saturated rings. The molecule has 0 saturated carbocycles. The number of halogens is 1. The molecule has 0 heterocycles. The Morgan fingerprint density at radius 3 is 2.56 bits per heavy atom. The normalized spacial score (nSPS) is 10.2. The largest absolute Gasteiger partial charge is 0.462 e. The average Bonchev–Trinajstić information content (AvgIpc) is 2.55. The molecule has 0 aliphatic carbocycles. The van der Waals surface area contributed by atoms with Gasteiger partial charge in [-0.05, 0) is 38.1 Å². The van der Waals surface area contributed by atoms with Crippen molar-refractivity contribution in [2.24, 2.45) is 0 Å². The molecule has 0 aromatic heterocycles. The van der Waals surface area contributed by atoms with Gasteiger partial charge in [0.2, 0.25) is 0 Å². The van der Waals surface area contributed by atoms with E-state index in [-0.39, 0.29) is 28.4 Å². The number of anilines is 1. The van der Waals surface area contributed by atoms with E-state index in [1.807, 2.05) is 0 Å². The van der Waals surface area contributed by atoms with Gasteiger partial charge < -0.3 is 10.1 Å². The van der Waals surface area contributed by atoms with Gasteiger partial charge in [-0.3, -0.25) is 14.9 Å². The van der Waals surface area contributed by atoms with E-state index >= 15 is 0 Å². The number of amides is 1. The lowest BCUT2D eigenvalue weighted by molar-refractivity contribution is -0.385. The fraction of sp³-hybridized carbons (Fsp3) is 0.176. The van der Waals surface area contributed by atoms with Crippen LogP contribution < -0.4 is 5.32 Å². The summed E-state index contributed by atoms with van der Waals surface area (Å²) in [7, 11) is 0. The second-order valence-electron chi connectivity index (χ2n) is 5.13. The van der Waals surface area contributed by atoms with Gasteiger partial charge in [0.15, 0.2) is 0 Å². The quantitative estimate of drug-likeness (QED) is 0.492. The molecule has 0 atom stereocenters. The van der Waals surface area contributed by atoms with Crippen molar-refractivity contribution in [2.45, 2.75) is 13.8 Å². The van der Waals surface area contributed by atoms with Gasteiger partial charge >= 0.3 is 5.97 Å². The molecule has 8 heteroatoms. The highest BCUT2D eigenvalue weighted by Crippen LogP contribution is 2.23. The Balaban J connectivity index is 2.21. The molecule has 130 valence electrons. The molecule has 7 nitrogen and oxygen atoms in total. The fourth-order valence-corrected chi connectivity index (χ4v) is 2.38. The number of nitro groups is 1. The highest BCUT2D eigenvalue weighted by atomic mass is 35.5. The number of nitrogens with zero attached hydrogens (tertiary/aromatic N) is 1. The molecule has 0 aliphatic rings. The van der Waals surface area contributed by atoms with Crippen LogP contribution in [0.4, 0.5) is 11.4 Å². The maximum atomic E-state index is 12.3. The summed E-state index contributed by atoms with van der Waals surface area (Å²) >= 11 is 6.04. The van der Waals surface area contributed by atoms with Crippen molar-refractivity contribution in [3.63, 3.8) is 0 Å². The van der Waals surface area contributed by atoms with Crippen molar-refractivity contribution in [3.05, 3.63) is 68.2 Å². The zero-order valence-electron chi connectivity index (χ0n) is 13.5. The molecule has 2 aromatic rings. The monoisotopic (exact) mass is 362 g/mol. The number of rotatable bonds is 5. The third-order valence-corrected chi connectivity index (χ3v) is 3.70. The SMILES string of the molecule is CCOC(=O)c1ccc(NC(=O)c2ccc(C)c([N+](=O)[O-])c2)cc1Cl. The van der Waals surface area contributed by atoms with Gasteiger partial charge in [-0.25, -0.2) is 4.79 Å². The van der Waals surface area contributed by atoms with Crippen molar-refractivity contribution in [1.29, 1.82) is 0 Å². The van der Waals surface area contributed by atoms with Gasteiger partial charge in [-0.15, -0.1) is 0 Å². The predicted molar refractivity (Wildman–Crippen MR) is 93.2 cm³/mol. The lowest BCUT2D eigenvalue weighted by Crippen LogP contribution is -2.13. The van der Waals surface area contributed by atoms with Crippen LogP contribution >= 0.6 is 11.6 Å². The van der Waals surface area contributed by atoms with Crippen LogP contribution in [0.2, 0.25) is 5.02 Å². The first kappa shape index (κ1) is 18.4. The van der Waals surface area contributed by atoms with Gasteiger partial charge in [0.1, 0.15) is 0 Å². The smallest absolute Gasteiger partial charge is 0.339 e. The first-order valence-electron chi connectivity index (χ1n) is 7.36. The third-order valence-electron chi connectivity index (χ3n) is 3.39. The van der Waals surface area contributed by atoms with Crippen LogP contribution in [0.25, 0.3) is 0 Å². The molecule has 0 saturated heterocycles. The Hall–Kier alpha value is -2.93. The number of nitrogens with one attached hydrogen (secondary N) is 1. The molecule has 2 aromatic carbocycles. The number of benzene rings is 2. The summed E-state index contributed by atoms with van der Waals surface area (Å²) in [4.78, 5) is 34.4. The molecule has 0 radical (unpaired) electrons. The van der Waals surface area contributed by atoms with Crippen LogP contribution in [-0.2, 0) is 4.74 Å². The fourth-order valence-electron chi connectivity index (χ4n) is 2.12. The topological polar surface area (TPSA) is 98.5 Å². The molecule has 0 bridgehead atoms. The maximum Gasteiger partial charge on any atom is 0.339 e. The number of ether oxygens (including phenoxy) is 1. The van der Waals surface area contributed by atoms with Crippen molar-refractivity contribution < 1.29 is 19.2 Å². The summed E-state index contributed by atoms with van der Waals surface area (Å²) in [5.41, 5.74) is 1.01. The van der Waals surface area contributed by atoms with E-state index in [1.165, 1.54) is 36.4 Å². The highest BCUT2D eigenvalue weighted by molar-refractivity contribution is 6.34. The number of hydrogen-bond acceptors (Lipinski definition) is 5. The first-order valence-corrected chi connectivity index (χ1v) is 7.74. The third kappa shape index (κ3) is 4.33. The van der Waals surface area contributed by atoms with Gasteiger partial charge in [-0.1, -0.05) is 17.7 Å². The molecule has 0 aliphatic heterocycles. The molecule has 0 spiro atoms. The van der Waals surface area contributed by atoms with E-state index < -0.39 is 16.8 Å². The molecule has 1 N–H and O–H groups in total. The Labute approximate surface area is 148 Å². The molecule has 0 unspecified atom stereocenters. The second-order valence-corrected chi connectivity index (χ2v) is 5.53. The van der Waals surface area contributed by atoms with Crippen molar-refractivity contribution in [2.75, 3.05) is 11.9 Å². The van der Waals surface area contributed by atoms with Crippen molar-refractivity contribution >= 4 is 34.9 Å². The van der Waals surface area contributed by atoms with Crippen LogP contribution in [0.3, 0.4) is 0 Å². The number of hydrogen-bond donors (Lipinski definition) is 1. The van der Waals surface area contributed by atoms with Crippen LogP contribution in [0, 0.1) is 17.0 Å². The van der Waals surface area contributed by atoms with Crippen LogP contribution in [0.15, 0.2) is 36.4 Å². The van der Waals surface area contributed by atoms with Crippen molar-refractivity contribution in [3.8, 4) is 0 Å². The lowest BCUT2D eigenvalue weighted by Gasteiger charge is -2.09. The summed E-state index contributed by atoms with van der Waals surface area (Å²) in [6.45, 7) is 3.49. The van der Waals surface area contributed by atoms with E-state index in [0.29, 0.717) is 11.3 Å². The maximum absolute atomic E-state index is 12.3. The number of carbonyl (C=O) groups excluding carboxylic acids is 2. The summed E-state index contributed by atoms with van der Waals surface area (Å²) in [6, 6.07) is 8.55. The number of nitro benzene ring substituents is 1. The van der Waals surface area contributed by atoms with Crippen LogP contribution in [-0.4, -0.2) is 23.4 Å². The van der Waals surface area contributed by atoms with E-state index in [2.05, 4.69) is 5.32 Å².